The van der Waals surface area contributed by atoms with Crippen LogP contribution < -0.4 is 5.32 Å². The molecule has 2 aliphatic rings. The van der Waals surface area contributed by atoms with Gasteiger partial charge in [0.1, 0.15) is 0 Å². The summed E-state index contributed by atoms with van der Waals surface area (Å²) in [6, 6.07) is 0.672. The van der Waals surface area contributed by atoms with Crippen molar-refractivity contribution in [1.29, 1.82) is 0 Å². The normalized spacial score (nSPS) is 42.5. The van der Waals surface area contributed by atoms with Gasteiger partial charge in [-0.15, -0.1) is 0 Å². The molecule has 0 spiro atoms. The van der Waals surface area contributed by atoms with Crippen LogP contribution in [0.15, 0.2) is 0 Å². The molecule has 0 unspecified atom stereocenters. The van der Waals surface area contributed by atoms with E-state index in [1.165, 1.54) is 25.7 Å². The zero-order chi connectivity index (χ0) is 12.5. The Morgan fingerprint density at radius 1 is 1.24 bits per heavy atom. The van der Waals surface area contributed by atoms with Crippen LogP contribution in [0.5, 0.6) is 0 Å². The highest BCUT2D eigenvalue weighted by Crippen LogP contribution is 2.35. The molecule has 2 saturated carbocycles. The zero-order valence-corrected chi connectivity index (χ0v) is 11.7. The van der Waals surface area contributed by atoms with Gasteiger partial charge < -0.3 is 10.4 Å². The predicted molar refractivity (Wildman–Crippen MR) is 71.9 cm³/mol. The van der Waals surface area contributed by atoms with E-state index in [2.05, 4.69) is 26.1 Å². The number of nitrogens with one attached hydrogen (secondary N) is 1. The molecule has 100 valence electrons. The average molecular weight is 239 g/mol. The Bertz CT molecular complexity index is 237. The second kappa shape index (κ2) is 5.27. The molecule has 2 rings (SSSR count). The molecule has 17 heavy (non-hydrogen) atoms. The first kappa shape index (κ1) is 13.4. The smallest absolute Gasteiger partial charge is 0.0771 e. The highest BCUT2D eigenvalue weighted by Gasteiger charge is 2.35. The molecule has 0 aliphatic heterocycles. The van der Waals surface area contributed by atoms with Crippen LogP contribution >= 0.6 is 0 Å². The molecule has 2 nitrogen and oxygen atoms in total. The lowest BCUT2D eigenvalue weighted by atomic mass is 9.73. The van der Waals surface area contributed by atoms with Crippen LogP contribution in [-0.2, 0) is 0 Å². The molecule has 0 bridgehead atoms. The maximum Gasteiger partial charge on any atom is 0.0771 e. The largest absolute Gasteiger partial charge is 0.389 e. The molecule has 0 radical (unpaired) electrons. The highest BCUT2D eigenvalue weighted by atomic mass is 16.3. The van der Waals surface area contributed by atoms with Gasteiger partial charge in [-0.2, -0.15) is 0 Å². The number of rotatable bonds is 4. The maximum atomic E-state index is 10.5. The fourth-order valence-corrected chi connectivity index (χ4v) is 3.18. The first-order valence-corrected chi connectivity index (χ1v) is 7.44. The topological polar surface area (TPSA) is 32.3 Å². The molecule has 0 aromatic heterocycles. The first-order valence-electron chi connectivity index (χ1n) is 7.44. The molecular weight excluding hydrogens is 210 g/mol. The van der Waals surface area contributed by atoms with Gasteiger partial charge in [0.15, 0.2) is 0 Å². The van der Waals surface area contributed by atoms with Gasteiger partial charge >= 0.3 is 0 Å². The van der Waals surface area contributed by atoms with E-state index in [-0.39, 0.29) is 0 Å². The molecule has 0 saturated heterocycles. The molecule has 0 aromatic carbocycles. The van der Waals surface area contributed by atoms with E-state index in [0.717, 1.165) is 37.1 Å². The minimum atomic E-state index is -0.407. The highest BCUT2D eigenvalue weighted by molar-refractivity contribution is 4.91. The summed E-state index contributed by atoms with van der Waals surface area (Å²) in [4.78, 5) is 0. The molecule has 0 aromatic rings. The van der Waals surface area contributed by atoms with Crippen LogP contribution in [0.1, 0.15) is 59.3 Å². The fourth-order valence-electron chi connectivity index (χ4n) is 3.18. The summed E-state index contributed by atoms with van der Waals surface area (Å²) in [6.07, 6.45) is 6.98. The van der Waals surface area contributed by atoms with E-state index in [1.807, 2.05) is 0 Å². The monoisotopic (exact) mass is 239 g/mol. The van der Waals surface area contributed by atoms with Crippen molar-refractivity contribution in [3.05, 3.63) is 0 Å². The van der Waals surface area contributed by atoms with E-state index >= 15 is 0 Å². The van der Waals surface area contributed by atoms with Crippen molar-refractivity contribution >= 4 is 0 Å². The van der Waals surface area contributed by atoms with Crippen molar-refractivity contribution in [3.63, 3.8) is 0 Å². The Morgan fingerprint density at radius 2 is 1.82 bits per heavy atom. The number of hydrogen-bond donors (Lipinski definition) is 2. The third kappa shape index (κ3) is 3.45. The van der Waals surface area contributed by atoms with Crippen molar-refractivity contribution in [2.75, 3.05) is 6.54 Å². The number of aliphatic hydroxyl groups is 1. The van der Waals surface area contributed by atoms with Gasteiger partial charge in [0.05, 0.1) is 5.60 Å². The molecule has 0 atom stereocenters. The molecule has 2 fully saturated rings. The predicted octanol–water partition coefficient (Wildman–Crippen LogP) is 2.95. The second-order valence-corrected chi connectivity index (χ2v) is 6.96. The van der Waals surface area contributed by atoms with Crippen LogP contribution in [0.3, 0.4) is 0 Å². The van der Waals surface area contributed by atoms with E-state index in [4.69, 9.17) is 0 Å². The minimum absolute atomic E-state index is 0.407. The lowest BCUT2D eigenvalue weighted by Gasteiger charge is -2.42. The van der Waals surface area contributed by atoms with Crippen LogP contribution in [-0.4, -0.2) is 23.3 Å². The van der Waals surface area contributed by atoms with Gasteiger partial charge in [-0.1, -0.05) is 20.8 Å². The van der Waals surface area contributed by atoms with Crippen LogP contribution in [0, 0.1) is 17.8 Å². The first-order chi connectivity index (χ1) is 7.98. The van der Waals surface area contributed by atoms with Crippen molar-refractivity contribution < 1.29 is 5.11 Å². The summed E-state index contributed by atoms with van der Waals surface area (Å²) in [5.41, 5.74) is -0.407. The summed E-state index contributed by atoms with van der Waals surface area (Å²) < 4.78 is 0. The standard InChI is InChI=1S/C15H29NO/c1-11(2)13-8-14(9-13)16-10-15(17)6-4-12(3)5-7-15/h11-14,16-17H,4-10H2,1-3H3. The molecule has 2 aliphatic carbocycles. The summed E-state index contributed by atoms with van der Waals surface area (Å²) >= 11 is 0. The fraction of sp³-hybridized carbons (Fsp3) is 1.00. The number of hydrogen-bond acceptors (Lipinski definition) is 2. The van der Waals surface area contributed by atoms with Gasteiger partial charge in [-0.3, -0.25) is 0 Å². The average Bonchev–Trinajstić information content (AvgIpc) is 2.20. The van der Waals surface area contributed by atoms with E-state index in [1.54, 1.807) is 0 Å². The van der Waals surface area contributed by atoms with Gasteiger partial charge in [0.2, 0.25) is 0 Å². The third-order valence-corrected chi connectivity index (χ3v) is 5.04. The Hall–Kier alpha value is -0.0800. The van der Waals surface area contributed by atoms with Crippen molar-refractivity contribution in [1.82, 2.24) is 5.32 Å². The van der Waals surface area contributed by atoms with E-state index < -0.39 is 5.60 Å². The van der Waals surface area contributed by atoms with Crippen molar-refractivity contribution in [2.45, 2.75) is 70.9 Å². The summed E-state index contributed by atoms with van der Waals surface area (Å²) in [6.45, 7) is 7.75. The molecular formula is C15H29NO. The Balaban J connectivity index is 1.66. The van der Waals surface area contributed by atoms with Gasteiger partial charge in [0.25, 0.3) is 0 Å². The van der Waals surface area contributed by atoms with Crippen LogP contribution in [0.25, 0.3) is 0 Å². The molecule has 0 amide bonds. The summed E-state index contributed by atoms with van der Waals surface area (Å²) in [5, 5.41) is 14.0. The van der Waals surface area contributed by atoms with Gasteiger partial charge in [0, 0.05) is 12.6 Å². The molecule has 0 heterocycles. The van der Waals surface area contributed by atoms with Crippen LogP contribution in [0.4, 0.5) is 0 Å². The summed E-state index contributed by atoms with van der Waals surface area (Å²) in [5.74, 6) is 2.55. The van der Waals surface area contributed by atoms with Crippen molar-refractivity contribution in [3.8, 4) is 0 Å². The molecule has 2 N–H and O–H groups in total. The summed E-state index contributed by atoms with van der Waals surface area (Å²) in [7, 11) is 0. The SMILES string of the molecule is CC1CCC(O)(CNC2CC(C(C)C)C2)CC1. The minimum Gasteiger partial charge on any atom is -0.389 e. The third-order valence-electron chi connectivity index (χ3n) is 5.04. The Kier molecular flexibility index (Phi) is 4.14. The zero-order valence-electron chi connectivity index (χ0n) is 11.7. The van der Waals surface area contributed by atoms with Gasteiger partial charge in [-0.05, 0) is 56.3 Å². The van der Waals surface area contributed by atoms with E-state index in [0.29, 0.717) is 6.04 Å². The van der Waals surface area contributed by atoms with Crippen LogP contribution in [0.2, 0.25) is 0 Å². The van der Waals surface area contributed by atoms with Gasteiger partial charge in [-0.25, -0.2) is 0 Å². The lowest BCUT2D eigenvalue weighted by Crippen LogP contribution is -2.50. The van der Waals surface area contributed by atoms with E-state index in [9.17, 15) is 5.11 Å². The maximum absolute atomic E-state index is 10.5. The molecule has 2 heteroatoms. The van der Waals surface area contributed by atoms with Crippen molar-refractivity contribution in [2.24, 2.45) is 17.8 Å². The second-order valence-electron chi connectivity index (χ2n) is 6.96. The quantitative estimate of drug-likeness (QED) is 0.790. The Morgan fingerprint density at radius 3 is 2.35 bits per heavy atom. The lowest BCUT2D eigenvalue weighted by molar-refractivity contribution is -0.0131. The Labute approximate surface area is 106 Å².